The van der Waals surface area contributed by atoms with Crippen LogP contribution >= 0.6 is 0 Å². The van der Waals surface area contributed by atoms with Crippen LogP contribution in [0.5, 0.6) is 0 Å². The average molecular weight is 157 g/mol. The Morgan fingerprint density at radius 3 is 2.55 bits per heavy atom. The Labute approximate surface area is 66.8 Å². The minimum Gasteiger partial charge on any atom is -0.396 e. The van der Waals surface area contributed by atoms with Gasteiger partial charge in [-0.15, -0.1) is 0 Å². The summed E-state index contributed by atoms with van der Waals surface area (Å²) in [7, 11) is 0. The van der Waals surface area contributed by atoms with Crippen molar-refractivity contribution >= 4 is 6.41 Å². The topological polar surface area (TPSA) is 49.3 Å². The summed E-state index contributed by atoms with van der Waals surface area (Å²) < 4.78 is 0. The highest BCUT2D eigenvalue weighted by molar-refractivity contribution is 5.46. The van der Waals surface area contributed by atoms with Crippen LogP contribution in [-0.2, 0) is 4.79 Å². The van der Waals surface area contributed by atoms with Gasteiger partial charge in [0.05, 0.1) is 6.61 Å². The molecule has 11 heavy (non-hydrogen) atoms. The Hall–Kier alpha value is -0.570. The summed E-state index contributed by atoms with van der Waals surface area (Å²) in [6, 6.07) is 0. The predicted octanol–water partition coefficient (Wildman–Crippen LogP) is 0.285. The first-order chi connectivity index (χ1) is 5.33. The third kappa shape index (κ3) is 1.93. The maximum atomic E-state index is 10.0. The lowest BCUT2D eigenvalue weighted by atomic mass is 9.87. The molecule has 2 N–H and O–H groups in total. The first-order valence-corrected chi connectivity index (χ1v) is 4.11. The van der Waals surface area contributed by atoms with E-state index in [2.05, 4.69) is 5.32 Å². The number of carbonyl (C=O) groups is 1. The molecule has 0 radical (unpaired) electrons. The van der Waals surface area contributed by atoms with Gasteiger partial charge >= 0.3 is 0 Å². The van der Waals surface area contributed by atoms with Crippen molar-refractivity contribution in [2.75, 3.05) is 13.2 Å². The molecule has 0 saturated heterocycles. The minimum atomic E-state index is 0.000903. The Morgan fingerprint density at radius 1 is 1.45 bits per heavy atom. The molecule has 1 amide bonds. The molecule has 0 aromatic heterocycles. The van der Waals surface area contributed by atoms with Crippen molar-refractivity contribution < 1.29 is 9.90 Å². The molecule has 64 valence electrons. The van der Waals surface area contributed by atoms with Gasteiger partial charge in [0.2, 0.25) is 6.41 Å². The fourth-order valence-electron chi connectivity index (χ4n) is 1.77. The molecule has 1 aliphatic carbocycles. The molecule has 1 saturated carbocycles. The fraction of sp³-hybridized carbons (Fsp3) is 0.875. The first-order valence-electron chi connectivity index (χ1n) is 4.11. The Balaban J connectivity index is 2.38. The van der Waals surface area contributed by atoms with E-state index >= 15 is 0 Å². The molecule has 3 heteroatoms. The minimum absolute atomic E-state index is 0.000903. The van der Waals surface area contributed by atoms with Gasteiger partial charge in [-0.1, -0.05) is 12.8 Å². The van der Waals surface area contributed by atoms with E-state index < -0.39 is 0 Å². The van der Waals surface area contributed by atoms with Gasteiger partial charge in [0.25, 0.3) is 0 Å². The zero-order chi connectivity index (χ0) is 8.16. The summed E-state index contributed by atoms with van der Waals surface area (Å²) in [6.45, 7) is 0.834. The predicted molar refractivity (Wildman–Crippen MR) is 42.1 cm³/mol. The highest BCUT2D eigenvalue weighted by atomic mass is 16.3. The number of aliphatic hydroxyl groups excluding tert-OH is 1. The highest BCUT2D eigenvalue weighted by Crippen LogP contribution is 2.36. The molecule has 0 unspecified atom stereocenters. The van der Waals surface area contributed by atoms with E-state index in [1.165, 1.54) is 12.8 Å². The number of nitrogens with one attached hydrogen (secondary N) is 1. The summed E-state index contributed by atoms with van der Waals surface area (Å²) in [5.74, 6) is 0. The van der Waals surface area contributed by atoms with Crippen LogP contribution in [-0.4, -0.2) is 24.7 Å². The summed E-state index contributed by atoms with van der Waals surface area (Å²) in [4.78, 5) is 10.0. The molecule has 0 spiro atoms. The molecule has 3 nitrogen and oxygen atoms in total. The fourth-order valence-corrected chi connectivity index (χ4v) is 1.77. The summed E-state index contributed by atoms with van der Waals surface area (Å²) in [5.41, 5.74) is 0.000903. The van der Waals surface area contributed by atoms with Crippen LogP contribution in [0.15, 0.2) is 0 Å². The number of aliphatic hydroxyl groups is 1. The standard InChI is InChI=1S/C8H15NO2/c10-6-8(5-9-7-11)3-1-2-4-8/h7,10H,1-6H2,(H,9,11). The largest absolute Gasteiger partial charge is 0.396 e. The van der Waals surface area contributed by atoms with Gasteiger partial charge in [0.1, 0.15) is 0 Å². The second kappa shape index (κ2) is 3.72. The average Bonchev–Trinajstić information content (AvgIpc) is 2.50. The number of carbonyl (C=O) groups excluding carboxylic acids is 1. The van der Waals surface area contributed by atoms with Crippen LogP contribution in [0.1, 0.15) is 25.7 Å². The van der Waals surface area contributed by atoms with Crippen LogP contribution in [0, 0.1) is 5.41 Å². The van der Waals surface area contributed by atoms with Crippen LogP contribution in [0.3, 0.4) is 0 Å². The number of rotatable bonds is 4. The van der Waals surface area contributed by atoms with E-state index in [0.29, 0.717) is 13.0 Å². The first kappa shape index (κ1) is 8.53. The van der Waals surface area contributed by atoms with Gasteiger partial charge in [-0.3, -0.25) is 4.79 Å². The van der Waals surface area contributed by atoms with Crippen molar-refractivity contribution in [3.05, 3.63) is 0 Å². The molecule has 0 aromatic carbocycles. The number of hydrogen-bond acceptors (Lipinski definition) is 2. The lowest BCUT2D eigenvalue weighted by molar-refractivity contribution is -0.110. The second-order valence-corrected chi connectivity index (χ2v) is 3.36. The van der Waals surface area contributed by atoms with Crippen molar-refractivity contribution in [3.63, 3.8) is 0 Å². The van der Waals surface area contributed by atoms with Gasteiger partial charge in [0.15, 0.2) is 0 Å². The van der Waals surface area contributed by atoms with Crippen LogP contribution < -0.4 is 5.32 Å². The third-order valence-corrected chi connectivity index (χ3v) is 2.56. The van der Waals surface area contributed by atoms with E-state index in [9.17, 15) is 4.79 Å². The van der Waals surface area contributed by atoms with Gasteiger partial charge in [-0.25, -0.2) is 0 Å². The molecule has 1 aliphatic rings. The van der Waals surface area contributed by atoms with Crippen LogP contribution in [0.2, 0.25) is 0 Å². The Bertz CT molecular complexity index is 130. The SMILES string of the molecule is O=CNCC1(CO)CCCC1. The molecule has 0 heterocycles. The molecule has 0 bridgehead atoms. The number of hydrogen-bond donors (Lipinski definition) is 2. The van der Waals surface area contributed by atoms with Crippen LogP contribution in [0.25, 0.3) is 0 Å². The summed E-state index contributed by atoms with van der Waals surface area (Å²) in [5, 5.41) is 11.7. The van der Waals surface area contributed by atoms with Gasteiger partial charge in [-0.2, -0.15) is 0 Å². The zero-order valence-electron chi connectivity index (χ0n) is 6.68. The van der Waals surface area contributed by atoms with Gasteiger partial charge in [-0.05, 0) is 12.8 Å². The maximum absolute atomic E-state index is 10.0. The van der Waals surface area contributed by atoms with Crippen molar-refractivity contribution in [1.29, 1.82) is 0 Å². The van der Waals surface area contributed by atoms with E-state index in [4.69, 9.17) is 5.11 Å². The van der Waals surface area contributed by atoms with E-state index in [0.717, 1.165) is 12.8 Å². The van der Waals surface area contributed by atoms with Crippen molar-refractivity contribution in [3.8, 4) is 0 Å². The summed E-state index contributed by atoms with van der Waals surface area (Å²) in [6.07, 6.45) is 5.16. The van der Waals surface area contributed by atoms with Crippen molar-refractivity contribution in [2.45, 2.75) is 25.7 Å². The van der Waals surface area contributed by atoms with E-state index in [-0.39, 0.29) is 12.0 Å². The van der Waals surface area contributed by atoms with Crippen molar-refractivity contribution in [2.24, 2.45) is 5.41 Å². The summed E-state index contributed by atoms with van der Waals surface area (Å²) >= 11 is 0. The monoisotopic (exact) mass is 157 g/mol. The second-order valence-electron chi connectivity index (χ2n) is 3.36. The smallest absolute Gasteiger partial charge is 0.207 e. The molecular weight excluding hydrogens is 142 g/mol. The molecular formula is C8H15NO2. The third-order valence-electron chi connectivity index (χ3n) is 2.56. The maximum Gasteiger partial charge on any atom is 0.207 e. The normalized spacial score (nSPS) is 21.5. The van der Waals surface area contributed by atoms with E-state index in [1.54, 1.807) is 0 Å². The molecule has 0 atom stereocenters. The molecule has 0 aromatic rings. The van der Waals surface area contributed by atoms with Crippen LogP contribution in [0.4, 0.5) is 0 Å². The zero-order valence-corrected chi connectivity index (χ0v) is 6.68. The Kier molecular flexibility index (Phi) is 2.88. The Morgan fingerprint density at radius 2 is 2.09 bits per heavy atom. The van der Waals surface area contributed by atoms with Gasteiger partial charge < -0.3 is 10.4 Å². The van der Waals surface area contributed by atoms with E-state index in [1.807, 2.05) is 0 Å². The molecule has 1 fully saturated rings. The van der Waals surface area contributed by atoms with Gasteiger partial charge in [0, 0.05) is 12.0 Å². The highest BCUT2D eigenvalue weighted by Gasteiger charge is 2.32. The molecule has 0 aliphatic heterocycles. The lowest BCUT2D eigenvalue weighted by Gasteiger charge is -2.25. The number of amides is 1. The molecule has 1 rings (SSSR count). The van der Waals surface area contributed by atoms with Crippen molar-refractivity contribution in [1.82, 2.24) is 5.32 Å². The lowest BCUT2D eigenvalue weighted by Crippen LogP contribution is -2.34. The quantitative estimate of drug-likeness (QED) is 0.576.